The van der Waals surface area contributed by atoms with E-state index in [1.165, 1.54) is 11.8 Å². The van der Waals surface area contributed by atoms with Crippen molar-refractivity contribution < 1.29 is 21.6 Å². The van der Waals surface area contributed by atoms with E-state index in [9.17, 15) is 21.6 Å². The summed E-state index contributed by atoms with van der Waals surface area (Å²) in [5, 5.41) is -0.568. The summed E-state index contributed by atoms with van der Waals surface area (Å²) in [5.74, 6) is -1.02. The topological polar surface area (TPSA) is 114 Å². The van der Waals surface area contributed by atoms with Crippen molar-refractivity contribution in [1.82, 2.24) is 14.9 Å². The van der Waals surface area contributed by atoms with Gasteiger partial charge in [-0.3, -0.25) is 4.79 Å². The van der Waals surface area contributed by atoms with Crippen LogP contribution in [0.15, 0.2) is 35.6 Å². The molecule has 1 aromatic heterocycles. The first-order chi connectivity index (χ1) is 14.6. The molecule has 0 saturated carbocycles. The zero-order valence-corrected chi connectivity index (χ0v) is 19.7. The van der Waals surface area contributed by atoms with Crippen LogP contribution in [0.2, 0.25) is 5.02 Å². The summed E-state index contributed by atoms with van der Waals surface area (Å²) in [4.78, 5) is 22.5. The molecule has 0 unspecified atom stereocenters. The maximum absolute atomic E-state index is 13.4. The molecule has 2 aromatic rings. The minimum atomic E-state index is -3.75. The molecule has 0 N–H and O–H groups in total. The van der Waals surface area contributed by atoms with Gasteiger partial charge in [-0.15, -0.1) is 0 Å². The second-order valence-electron chi connectivity index (χ2n) is 7.41. The van der Waals surface area contributed by atoms with Crippen molar-refractivity contribution in [3.05, 3.63) is 52.3 Å². The van der Waals surface area contributed by atoms with E-state index in [-0.39, 0.29) is 34.5 Å². The summed E-state index contributed by atoms with van der Waals surface area (Å²) >= 11 is 6.15. The van der Waals surface area contributed by atoms with Gasteiger partial charge in [-0.1, -0.05) is 49.7 Å². The molecule has 0 bridgehead atoms. The molecule has 1 saturated heterocycles. The van der Waals surface area contributed by atoms with Crippen LogP contribution in [0.4, 0.5) is 0 Å². The molecule has 11 heteroatoms. The highest BCUT2D eigenvalue weighted by atomic mass is 35.5. The van der Waals surface area contributed by atoms with E-state index in [0.717, 1.165) is 23.7 Å². The monoisotopic (exact) mass is 485 g/mol. The Labute approximate surface area is 187 Å². The molecule has 1 aliphatic rings. The molecule has 1 atom stereocenters. The van der Waals surface area contributed by atoms with Gasteiger partial charge < -0.3 is 4.90 Å². The zero-order chi connectivity index (χ0) is 22.8. The Bertz CT molecular complexity index is 1180. The number of aryl methyl sites for hydroxylation is 1. The smallest absolute Gasteiger partial charge is 0.274 e. The van der Waals surface area contributed by atoms with Crippen molar-refractivity contribution in [2.75, 3.05) is 17.3 Å². The third-order valence-corrected chi connectivity index (χ3v) is 8.82. The Morgan fingerprint density at radius 2 is 1.84 bits per heavy atom. The average molecular weight is 486 g/mol. The number of rotatable bonds is 7. The predicted molar refractivity (Wildman–Crippen MR) is 118 cm³/mol. The number of nitrogens with zero attached hydrogens (tertiary/aromatic N) is 3. The summed E-state index contributed by atoms with van der Waals surface area (Å²) in [6.45, 7) is 3.64. The highest BCUT2D eigenvalue weighted by molar-refractivity contribution is 7.91. The van der Waals surface area contributed by atoms with E-state index >= 15 is 0 Å². The lowest BCUT2D eigenvalue weighted by Crippen LogP contribution is -2.41. The van der Waals surface area contributed by atoms with E-state index in [2.05, 4.69) is 9.97 Å². The molecule has 1 amide bonds. The van der Waals surface area contributed by atoms with E-state index in [4.69, 9.17) is 11.6 Å². The summed E-state index contributed by atoms with van der Waals surface area (Å²) in [5.41, 5.74) is 1.71. The second-order valence-corrected chi connectivity index (χ2v) is 12.2. The number of carbonyl (C=O) groups excluding carboxylic acids is 1. The van der Waals surface area contributed by atoms with Crippen molar-refractivity contribution in [1.29, 1.82) is 0 Å². The standard InChI is InChI=1S/C20H24ClN3O5S2/c1-3-14-5-7-15(8-6-14)12-24(16-9-10-30(26,27)13-16)19(25)18-17(21)11-22-20(23-18)31(28,29)4-2/h5-8,11,16H,3-4,9-10,12-13H2,1-2H3/t16-/m1/s1. The predicted octanol–water partition coefficient (Wildman–Crippen LogP) is 2.32. The van der Waals surface area contributed by atoms with Crippen molar-refractivity contribution in [3.63, 3.8) is 0 Å². The molecular formula is C20H24ClN3O5S2. The van der Waals surface area contributed by atoms with Crippen molar-refractivity contribution in [2.45, 2.75) is 44.4 Å². The Hall–Kier alpha value is -2.04. The summed E-state index contributed by atoms with van der Waals surface area (Å²) in [6, 6.07) is 7.12. The summed E-state index contributed by atoms with van der Waals surface area (Å²) < 4.78 is 48.5. The Kier molecular flexibility index (Phi) is 7.02. The minimum Gasteiger partial charge on any atom is -0.329 e. The number of amides is 1. The third-order valence-electron chi connectivity index (χ3n) is 5.28. The van der Waals surface area contributed by atoms with E-state index < -0.39 is 36.8 Å². The van der Waals surface area contributed by atoms with Crippen molar-refractivity contribution in [3.8, 4) is 0 Å². The third kappa shape index (κ3) is 5.42. The lowest BCUT2D eigenvalue weighted by atomic mass is 10.1. The molecule has 1 aliphatic heterocycles. The SMILES string of the molecule is CCc1ccc(CN(C(=O)c2nc(S(=O)(=O)CC)ncc2Cl)[C@@H]2CCS(=O)(=O)C2)cc1. The number of carbonyl (C=O) groups is 1. The van der Waals surface area contributed by atoms with Crippen LogP contribution < -0.4 is 0 Å². The van der Waals surface area contributed by atoms with Gasteiger partial charge in [0.15, 0.2) is 15.5 Å². The lowest BCUT2D eigenvalue weighted by Gasteiger charge is -2.28. The highest BCUT2D eigenvalue weighted by Gasteiger charge is 2.36. The van der Waals surface area contributed by atoms with Gasteiger partial charge in [0.2, 0.25) is 15.0 Å². The van der Waals surface area contributed by atoms with E-state index in [1.54, 1.807) is 0 Å². The molecule has 2 heterocycles. The number of hydrogen-bond acceptors (Lipinski definition) is 7. The molecule has 0 aliphatic carbocycles. The van der Waals surface area contributed by atoms with Crippen LogP contribution in [0.1, 0.15) is 41.9 Å². The van der Waals surface area contributed by atoms with Gasteiger partial charge in [0.25, 0.3) is 5.91 Å². The first kappa shape index (κ1) is 23.6. The van der Waals surface area contributed by atoms with Crippen LogP contribution in [-0.4, -0.2) is 60.9 Å². The molecule has 1 fully saturated rings. The van der Waals surface area contributed by atoms with Gasteiger partial charge in [0.05, 0.1) is 28.5 Å². The molecule has 3 rings (SSSR count). The summed E-state index contributed by atoms with van der Waals surface area (Å²) in [6.07, 6.45) is 2.25. The van der Waals surface area contributed by atoms with Gasteiger partial charge in [-0.2, -0.15) is 0 Å². The van der Waals surface area contributed by atoms with Gasteiger partial charge >= 0.3 is 0 Å². The minimum absolute atomic E-state index is 0.0107. The molecule has 168 valence electrons. The largest absolute Gasteiger partial charge is 0.329 e. The molecule has 1 aromatic carbocycles. The molecular weight excluding hydrogens is 462 g/mol. The quantitative estimate of drug-likeness (QED) is 0.552. The van der Waals surface area contributed by atoms with Crippen LogP contribution in [0.5, 0.6) is 0 Å². The van der Waals surface area contributed by atoms with Crippen molar-refractivity contribution in [2.24, 2.45) is 0 Å². The van der Waals surface area contributed by atoms with Crippen LogP contribution >= 0.6 is 11.6 Å². The van der Waals surface area contributed by atoms with Gasteiger partial charge in [-0.05, 0) is 24.0 Å². The lowest BCUT2D eigenvalue weighted by molar-refractivity contribution is 0.0674. The molecule has 0 radical (unpaired) electrons. The van der Waals surface area contributed by atoms with Crippen molar-refractivity contribution >= 4 is 37.2 Å². The zero-order valence-electron chi connectivity index (χ0n) is 17.3. The van der Waals surface area contributed by atoms with Crippen LogP contribution in [0.25, 0.3) is 0 Å². The van der Waals surface area contributed by atoms with E-state index in [0.29, 0.717) is 6.42 Å². The molecule has 31 heavy (non-hydrogen) atoms. The maximum Gasteiger partial charge on any atom is 0.274 e. The van der Waals surface area contributed by atoms with Gasteiger partial charge in [0, 0.05) is 12.6 Å². The first-order valence-corrected chi connectivity index (χ1v) is 13.8. The van der Waals surface area contributed by atoms with Crippen LogP contribution in [-0.2, 0) is 32.6 Å². The van der Waals surface area contributed by atoms with Crippen LogP contribution in [0, 0.1) is 0 Å². The number of hydrogen-bond donors (Lipinski definition) is 0. The number of benzene rings is 1. The fraction of sp³-hybridized carbons (Fsp3) is 0.450. The maximum atomic E-state index is 13.4. The van der Waals surface area contributed by atoms with Gasteiger partial charge in [0.1, 0.15) is 0 Å². The van der Waals surface area contributed by atoms with Crippen LogP contribution in [0.3, 0.4) is 0 Å². The number of halogens is 1. The second kappa shape index (κ2) is 9.22. The van der Waals surface area contributed by atoms with E-state index in [1.807, 2.05) is 31.2 Å². The Morgan fingerprint density at radius 3 is 2.39 bits per heavy atom. The fourth-order valence-corrected chi connectivity index (χ4v) is 5.99. The normalized spacial score (nSPS) is 18.1. The number of sulfone groups is 2. The number of aromatic nitrogens is 2. The molecule has 8 nitrogen and oxygen atoms in total. The summed E-state index contributed by atoms with van der Waals surface area (Å²) in [7, 11) is -7.01. The molecule has 0 spiro atoms. The first-order valence-electron chi connectivity index (χ1n) is 9.90. The Balaban J connectivity index is 2.00. The Morgan fingerprint density at radius 1 is 1.19 bits per heavy atom. The van der Waals surface area contributed by atoms with Gasteiger partial charge in [-0.25, -0.2) is 26.8 Å². The fourth-order valence-electron chi connectivity index (χ4n) is 3.38. The highest BCUT2D eigenvalue weighted by Crippen LogP contribution is 2.25. The average Bonchev–Trinajstić information content (AvgIpc) is 3.11.